The predicted molar refractivity (Wildman–Crippen MR) is 197 cm³/mol. The zero-order valence-corrected chi connectivity index (χ0v) is 29.1. The van der Waals surface area contributed by atoms with E-state index in [1.54, 1.807) is 0 Å². The zero-order valence-electron chi connectivity index (χ0n) is 29.1. The summed E-state index contributed by atoms with van der Waals surface area (Å²) in [4.78, 5) is 10.1. The first-order valence-corrected chi connectivity index (χ1v) is 18.1. The first-order chi connectivity index (χ1) is 22.6. The molecule has 2 aromatic rings. The van der Waals surface area contributed by atoms with Crippen molar-refractivity contribution in [1.82, 2.24) is 9.80 Å². The molecular formula is C40H58N5O+. The molecule has 2 heterocycles. The third-order valence-corrected chi connectivity index (χ3v) is 10.0. The van der Waals surface area contributed by atoms with E-state index < -0.39 is 0 Å². The number of allylic oxidation sites excluding steroid dienone is 5. The molecule has 0 atom stereocenters. The lowest BCUT2D eigenvalue weighted by molar-refractivity contribution is -0.523. The Labute approximate surface area is 279 Å². The lowest BCUT2D eigenvalue weighted by atomic mass is 9.90. The number of morpholine rings is 1. The van der Waals surface area contributed by atoms with Crippen LogP contribution < -0.4 is 9.80 Å². The second-order valence-electron chi connectivity index (χ2n) is 12.7. The zero-order chi connectivity index (χ0) is 32.1. The molecule has 5 rings (SSSR count). The summed E-state index contributed by atoms with van der Waals surface area (Å²) in [7, 11) is 0. The summed E-state index contributed by atoms with van der Waals surface area (Å²) in [6.07, 6.45) is 13.4. The molecule has 0 spiro atoms. The molecule has 0 unspecified atom stereocenters. The minimum Gasteiger partial charge on any atom is -0.379 e. The lowest BCUT2D eigenvalue weighted by Gasteiger charge is -2.30. The van der Waals surface area contributed by atoms with E-state index in [1.165, 1.54) is 71.7 Å². The highest BCUT2D eigenvalue weighted by atomic mass is 16.5. The smallest absolute Gasteiger partial charge is 0.199 e. The van der Waals surface area contributed by atoms with Gasteiger partial charge >= 0.3 is 0 Å². The van der Waals surface area contributed by atoms with Crippen molar-refractivity contribution in [1.29, 1.82) is 0 Å². The Kier molecular flexibility index (Phi) is 13.1. The molecule has 0 N–H and O–H groups in total. The van der Waals surface area contributed by atoms with Crippen LogP contribution in [-0.2, 0) is 4.74 Å². The average Bonchev–Trinajstić information content (AvgIpc) is 3.12. The fourth-order valence-electron chi connectivity index (χ4n) is 7.08. The van der Waals surface area contributed by atoms with Crippen LogP contribution in [0.1, 0.15) is 58.1 Å². The molecule has 0 saturated carbocycles. The Morgan fingerprint density at radius 1 is 0.652 bits per heavy atom. The van der Waals surface area contributed by atoms with Crippen LogP contribution in [0.3, 0.4) is 0 Å². The maximum absolute atomic E-state index is 5.55. The van der Waals surface area contributed by atoms with Crippen LogP contribution in [0, 0.1) is 0 Å². The van der Waals surface area contributed by atoms with Gasteiger partial charge in [0.2, 0.25) is 0 Å². The van der Waals surface area contributed by atoms with Gasteiger partial charge in [0.15, 0.2) is 12.3 Å². The Morgan fingerprint density at radius 3 is 1.74 bits per heavy atom. The number of likely N-dealkylation sites (tertiary alicyclic amines) is 1. The van der Waals surface area contributed by atoms with Crippen molar-refractivity contribution in [3.63, 3.8) is 0 Å². The Morgan fingerprint density at radius 2 is 1.20 bits per heavy atom. The largest absolute Gasteiger partial charge is 0.379 e. The summed E-state index contributed by atoms with van der Waals surface area (Å²) in [5.41, 5.74) is 8.95. The topological polar surface area (TPSA) is 25.2 Å². The maximum Gasteiger partial charge on any atom is 0.199 e. The fourth-order valence-corrected chi connectivity index (χ4v) is 7.08. The van der Waals surface area contributed by atoms with Gasteiger partial charge in [-0.2, -0.15) is 0 Å². The predicted octanol–water partition coefficient (Wildman–Crippen LogP) is 6.58. The molecule has 0 radical (unpaired) electrons. The van der Waals surface area contributed by atoms with Crippen LogP contribution >= 0.6 is 0 Å². The van der Waals surface area contributed by atoms with Crippen LogP contribution in [0.15, 0.2) is 78.4 Å². The average molecular weight is 625 g/mol. The number of hydrogen-bond acceptors (Lipinski definition) is 5. The number of rotatable bonds is 14. The minimum atomic E-state index is 0.853. The van der Waals surface area contributed by atoms with Gasteiger partial charge < -0.3 is 19.4 Å². The quantitative estimate of drug-likeness (QED) is 0.221. The van der Waals surface area contributed by atoms with Gasteiger partial charge in [0, 0.05) is 69.3 Å². The molecule has 0 bridgehead atoms. The molecule has 2 aromatic carbocycles. The van der Waals surface area contributed by atoms with E-state index in [2.05, 4.69) is 125 Å². The summed E-state index contributed by atoms with van der Waals surface area (Å²) in [5, 5.41) is 0. The van der Waals surface area contributed by atoms with E-state index in [9.17, 15) is 0 Å². The monoisotopic (exact) mass is 624 g/mol. The first-order valence-electron chi connectivity index (χ1n) is 18.1. The van der Waals surface area contributed by atoms with Crippen molar-refractivity contribution >= 4 is 22.7 Å². The van der Waals surface area contributed by atoms with Gasteiger partial charge in [0.05, 0.1) is 19.8 Å². The maximum atomic E-state index is 5.55. The third-order valence-electron chi connectivity index (χ3n) is 10.0. The van der Waals surface area contributed by atoms with Crippen molar-refractivity contribution in [2.24, 2.45) is 0 Å². The van der Waals surface area contributed by atoms with Gasteiger partial charge in [0.1, 0.15) is 6.54 Å². The molecule has 6 heteroatoms. The van der Waals surface area contributed by atoms with Gasteiger partial charge in [-0.05, 0) is 112 Å². The lowest BCUT2D eigenvalue weighted by Crippen LogP contribution is -2.40. The van der Waals surface area contributed by atoms with Gasteiger partial charge in [0.25, 0.3) is 0 Å². The van der Waals surface area contributed by atoms with Crippen molar-refractivity contribution in [2.75, 3.05) is 102 Å². The molecule has 0 aromatic heterocycles. The molecule has 2 fully saturated rings. The van der Waals surface area contributed by atoms with Gasteiger partial charge in [-0.25, -0.2) is 4.58 Å². The van der Waals surface area contributed by atoms with Crippen LogP contribution in [0.5, 0.6) is 0 Å². The summed E-state index contributed by atoms with van der Waals surface area (Å²) in [6.45, 7) is 23.7. The van der Waals surface area contributed by atoms with Crippen molar-refractivity contribution in [3.8, 4) is 0 Å². The van der Waals surface area contributed by atoms with Crippen molar-refractivity contribution < 1.29 is 9.31 Å². The number of hydrogen-bond donors (Lipinski definition) is 0. The summed E-state index contributed by atoms with van der Waals surface area (Å²) >= 11 is 0. The second-order valence-corrected chi connectivity index (χ2v) is 12.7. The SMILES string of the molecule is CCN(CC)c1ccc(C(=C2C=CC(=[N+](CC)CCN3CCOCC3)C=C2)c2ccc(N(CC)CCN3CCCCC3)cc2)cc1. The van der Waals surface area contributed by atoms with Crippen molar-refractivity contribution in [2.45, 2.75) is 47.0 Å². The van der Waals surface area contributed by atoms with Crippen LogP contribution in [0.4, 0.5) is 11.4 Å². The summed E-state index contributed by atoms with van der Waals surface area (Å²) in [6, 6.07) is 18.5. The Bertz CT molecular complexity index is 1320. The van der Waals surface area contributed by atoms with E-state index in [0.717, 1.165) is 78.7 Å². The second kappa shape index (κ2) is 17.7. The van der Waals surface area contributed by atoms with E-state index in [4.69, 9.17) is 4.74 Å². The van der Waals surface area contributed by atoms with Crippen LogP contribution in [-0.4, -0.2) is 112 Å². The molecule has 2 aliphatic heterocycles. The van der Waals surface area contributed by atoms with Gasteiger partial charge in [-0.3, -0.25) is 4.90 Å². The number of nitrogens with zero attached hydrogens (tertiary/aromatic N) is 5. The Hall–Kier alpha value is -3.19. The molecule has 2 saturated heterocycles. The number of anilines is 2. The van der Waals surface area contributed by atoms with E-state index in [0.29, 0.717) is 0 Å². The van der Waals surface area contributed by atoms with E-state index in [-0.39, 0.29) is 0 Å². The van der Waals surface area contributed by atoms with Crippen molar-refractivity contribution in [3.05, 3.63) is 89.5 Å². The summed E-state index contributed by atoms with van der Waals surface area (Å²) < 4.78 is 8.04. The molecule has 1 aliphatic carbocycles. The highest BCUT2D eigenvalue weighted by Crippen LogP contribution is 2.32. The number of likely N-dealkylation sites (N-methyl/N-ethyl adjacent to an activating group) is 2. The molecule has 46 heavy (non-hydrogen) atoms. The van der Waals surface area contributed by atoms with Gasteiger partial charge in [-0.1, -0.05) is 30.7 Å². The minimum absolute atomic E-state index is 0.853. The third kappa shape index (κ3) is 8.99. The highest BCUT2D eigenvalue weighted by molar-refractivity contribution is 6.04. The van der Waals surface area contributed by atoms with Crippen LogP contribution in [0.25, 0.3) is 5.57 Å². The van der Waals surface area contributed by atoms with Crippen LogP contribution in [0.2, 0.25) is 0 Å². The molecule has 6 nitrogen and oxygen atoms in total. The Balaban J connectivity index is 1.40. The molecule has 0 amide bonds. The van der Waals surface area contributed by atoms with E-state index in [1.807, 2.05) is 0 Å². The standard InChI is InChI=1S/C40H58N5O/c1-5-43(6-2)37-18-12-34(13-19-37)40(35-14-20-38(21-15-35)44(7-3)28-26-41-24-10-9-11-25-41)36-16-22-39(23-17-36)45(8-4)29-27-42-30-32-46-33-31-42/h12-23H,5-11,24-33H2,1-4H3/q+1. The summed E-state index contributed by atoms with van der Waals surface area (Å²) in [5.74, 6) is 0. The molecule has 248 valence electrons. The molecule has 3 aliphatic rings. The fraction of sp³-hybridized carbons (Fsp3) is 0.525. The normalized spacial score (nSPS) is 17.4. The highest BCUT2D eigenvalue weighted by Gasteiger charge is 2.18. The first kappa shape index (κ1) is 34.2. The number of benzene rings is 2. The van der Waals surface area contributed by atoms with Gasteiger partial charge in [-0.15, -0.1) is 0 Å². The number of piperidine rings is 1. The number of ether oxygens (including phenoxy) is 1. The molecular weight excluding hydrogens is 566 g/mol. The van der Waals surface area contributed by atoms with E-state index >= 15 is 0 Å².